The fraction of sp³-hybridized carbons (Fsp3) is 0.846. The number of ether oxygens (including phenoxy) is 1. The summed E-state index contributed by atoms with van der Waals surface area (Å²) in [6.45, 7) is 4.43. The number of nitrogens with one attached hydrogen (secondary N) is 1. The largest absolute Gasteiger partial charge is 0.481 e. The van der Waals surface area contributed by atoms with Crippen LogP contribution < -0.4 is 11.1 Å². The van der Waals surface area contributed by atoms with Gasteiger partial charge in [-0.05, 0) is 19.8 Å². The van der Waals surface area contributed by atoms with Crippen LogP contribution in [0.4, 0.5) is 0 Å². The number of rotatable bonds is 7. The molecule has 0 radical (unpaired) electrons. The third-order valence-corrected chi connectivity index (χ3v) is 3.55. The van der Waals surface area contributed by atoms with Gasteiger partial charge in [-0.3, -0.25) is 9.59 Å². The summed E-state index contributed by atoms with van der Waals surface area (Å²) in [6, 6.07) is -0.194. The quantitative estimate of drug-likeness (QED) is 0.621. The fourth-order valence-electron chi connectivity index (χ4n) is 2.12. The van der Waals surface area contributed by atoms with Gasteiger partial charge in [-0.1, -0.05) is 13.3 Å². The Hall–Kier alpha value is -1.14. The van der Waals surface area contributed by atoms with E-state index in [2.05, 4.69) is 5.32 Å². The molecular weight excluding hydrogens is 248 g/mol. The van der Waals surface area contributed by atoms with Crippen molar-refractivity contribution in [2.45, 2.75) is 45.2 Å². The van der Waals surface area contributed by atoms with Gasteiger partial charge in [0, 0.05) is 12.1 Å². The minimum atomic E-state index is -0.772. The smallest absolute Gasteiger partial charge is 0.306 e. The Morgan fingerprint density at radius 2 is 2.05 bits per heavy atom. The highest BCUT2D eigenvalue weighted by molar-refractivity contribution is 5.80. The van der Waals surface area contributed by atoms with E-state index in [9.17, 15) is 9.59 Å². The summed E-state index contributed by atoms with van der Waals surface area (Å²) in [4.78, 5) is 22.6. The molecule has 0 aromatic carbocycles. The van der Waals surface area contributed by atoms with E-state index in [4.69, 9.17) is 15.6 Å². The number of aliphatic carboxylic acids is 1. The van der Waals surface area contributed by atoms with Gasteiger partial charge in [0.25, 0.3) is 0 Å². The first-order valence-electron chi connectivity index (χ1n) is 6.78. The van der Waals surface area contributed by atoms with E-state index in [0.29, 0.717) is 19.6 Å². The predicted molar refractivity (Wildman–Crippen MR) is 70.5 cm³/mol. The first-order chi connectivity index (χ1) is 8.91. The van der Waals surface area contributed by atoms with Gasteiger partial charge in [-0.15, -0.1) is 0 Å². The van der Waals surface area contributed by atoms with Crippen LogP contribution in [0.15, 0.2) is 0 Å². The molecule has 4 atom stereocenters. The molecule has 0 aromatic heterocycles. The number of carboxylic acids is 1. The average Bonchev–Trinajstić information content (AvgIpc) is 2.75. The summed E-state index contributed by atoms with van der Waals surface area (Å²) in [7, 11) is 0. The lowest BCUT2D eigenvalue weighted by Crippen LogP contribution is -2.44. The van der Waals surface area contributed by atoms with Crippen LogP contribution in [0.1, 0.15) is 33.1 Å². The Kier molecular flexibility index (Phi) is 6.24. The van der Waals surface area contributed by atoms with Crippen molar-refractivity contribution in [1.82, 2.24) is 5.32 Å². The molecular formula is C13H24N2O4. The van der Waals surface area contributed by atoms with Gasteiger partial charge in [0.1, 0.15) is 0 Å². The summed E-state index contributed by atoms with van der Waals surface area (Å²) in [5.74, 6) is -1.44. The van der Waals surface area contributed by atoms with Crippen molar-refractivity contribution >= 4 is 11.9 Å². The molecule has 0 bridgehead atoms. The molecule has 1 aliphatic heterocycles. The van der Waals surface area contributed by atoms with Gasteiger partial charge in [0.15, 0.2) is 0 Å². The third kappa shape index (κ3) is 5.16. The minimum Gasteiger partial charge on any atom is -0.481 e. The first kappa shape index (κ1) is 15.9. The Labute approximate surface area is 113 Å². The summed E-state index contributed by atoms with van der Waals surface area (Å²) >= 11 is 0. The number of nitrogens with two attached hydrogens (primary N) is 1. The van der Waals surface area contributed by atoms with Gasteiger partial charge >= 0.3 is 5.97 Å². The Bertz CT molecular complexity index is 322. The molecule has 4 unspecified atom stereocenters. The standard InChI is InChI=1S/C13H24N2O4/c1-8(13(17)18)4-3-5-9(2)15-12(16)10-6-19-7-11(10)14/h8-11H,3-7,14H2,1-2H3,(H,15,16)(H,17,18). The fourth-order valence-corrected chi connectivity index (χ4v) is 2.12. The highest BCUT2D eigenvalue weighted by atomic mass is 16.5. The number of hydrogen-bond donors (Lipinski definition) is 3. The van der Waals surface area contributed by atoms with E-state index >= 15 is 0 Å². The molecule has 0 aromatic rings. The maximum Gasteiger partial charge on any atom is 0.306 e. The monoisotopic (exact) mass is 272 g/mol. The van der Waals surface area contributed by atoms with E-state index < -0.39 is 5.97 Å². The molecule has 1 rings (SSSR count). The van der Waals surface area contributed by atoms with Crippen molar-refractivity contribution in [2.24, 2.45) is 17.6 Å². The van der Waals surface area contributed by atoms with E-state index in [0.717, 1.165) is 12.8 Å². The lowest BCUT2D eigenvalue weighted by Gasteiger charge is -2.18. The molecule has 1 aliphatic rings. The van der Waals surface area contributed by atoms with Gasteiger partial charge in [-0.25, -0.2) is 0 Å². The number of amides is 1. The van der Waals surface area contributed by atoms with Crippen LogP contribution >= 0.6 is 0 Å². The zero-order valence-corrected chi connectivity index (χ0v) is 11.6. The summed E-state index contributed by atoms with van der Waals surface area (Å²) < 4.78 is 5.16. The van der Waals surface area contributed by atoms with Crippen molar-refractivity contribution in [1.29, 1.82) is 0 Å². The summed E-state index contributed by atoms with van der Waals surface area (Å²) in [5, 5.41) is 11.7. The maximum absolute atomic E-state index is 11.9. The lowest BCUT2D eigenvalue weighted by atomic mass is 10.0. The molecule has 1 heterocycles. The minimum absolute atomic E-state index is 0.0290. The van der Waals surface area contributed by atoms with Gasteiger partial charge in [0.2, 0.25) is 5.91 Å². The first-order valence-corrected chi connectivity index (χ1v) is 6.78. The van der Waals surface area contributed by atoms with E-state index in [1.54, 1.807) is 6.92 Å². The molecule has 1 fully saturated rings. The second kappa shape index (κ2) is 7.45. The predicted octanol–water partition coefficient (Wildman–Crippen LogP) is 0.356. The van der Waals surface area contributed by atoms with E-state index in [-0.39, 0.29) is 29.8 Å². The van der Waals surface area contributed by atoms with Gasteiger partial charge in [-0.2, -0.15) is 0 Å². The van der Waals surface area contributed by atoms with Crippen molar-refractivity contribution in [3.8, 4) is 0 Å². The molecule has 6 heteroatoms. The van der Waals surface area contributed by atoms with Gasteiger partial charge < -0.3 is 20.9 Å². The van der Waals surface area contributed by atoms with Crippen molar-refractivity contribution in [3.63, 3.8) is 0 Å². The summed E-state index contributed by atoms with van der Waals surface area (Å²) in [6.07, 6.45) is 2.18. The van der Waals surface area contributed by atoms with Crippen LogP contribution in [0.25, 0.3) is 0 Å². The lowest BCUT2D eigenvalue weighted by molar-refractivity contribution is -0.141. The van der Waals surface area contributed by atoms with Crippen LogP contribution in [0.5, 0.6) is 0 Å². The topological polar surface area (TPSA) is 102 Å². The Morgan fingerprint density at radius 3 is 2.58 bits per heavy atom. The average molecular weight is 272 g/mol. The zero-order chi connectivity index (χ0) is 14.4. The number of carboxylic acid groups (broad SMARTS) is 1. The van der Waals surface area contributed by atoms with Gasteiger partial charge in [0.05, 0.1) is 25.0 Å². The SMILES string of the molecule is CC(CCCC(C)C(=O)O)NC(=O)C1COCC1N. The van der Waals surface area contributed by atoms with Crippen LogP contribution in [-0.2, 0) is 14.3 Å². The van der Waals surface area contributed by atoms with Crippen LogP contribution in [0, 0.1) is 11.8 Å². The molecule has 0 aliphatic carbocycles. The third-order valence-electron chi connectivity index (χ3n) is 3.55. The van der Waals surface area contributed by atoms with Crippen LogP contribution in [0.3, 0.4) is 0 Å². The molecule has 4 N–H and O–H groups in total. The Balaban J connectivity index is 2.21. The summed E-state index contributed by atoms with van der Waals surface area (Å²) in [5.41, 5.74) is 5.78. The molecule has 0 saturated carbocycles. The second-order valence-electron chi connectivity index (χ2n) is 5.39. The number of carbonyl (C=O) groups excluding carboxylic acids is 1. The molecule has 19 heavy (non-hydrogen) atoms. The van der Waals surface area contributed by atoms with Crippen molar-refractivity contribution in [3.05, 3.63) is 0 Å². The number of hydrogen-bond acceptors (Lipinski definition) is 4. The number of carbonyl (C=O) groups is 2. The molecule has 1 amide bonds. The highest BCUT2D eigenvalue weighted by Gasteiger charge is 2.31. The van der Waals surface area contributed by atoms with Crippen molar-refractivity contribution < 1.29 is 19.4 Å². The molecule has 1 saturated heterocycles. The maximum atomic E-state index is 11.9. The molecule has 0 spiro atoms. The van der Waals surface area contributed by atoms with E-state index in [1.165, 1.54) is 0 Å². The van der Waals surface area contributed by atoms with Crippen LogP contribution in [0.2, 0.25) is 0 Å². The van der Waals surface area contributed by atoms with Crippen LogP contribution in [-0.4, -0.2) is 42.3 Å². The highest BCUT2D eigenvalue weighted by Crippen LogP contribution is 2.13. The molecule has 110 valence electrons. The second-order valence-corrected chi connectivity index (χ2v) is 5.39. The van der Waals surface area contributed by atoms with E-state index in [1.807, 2.05) is 6.92 Å². The molecule has 6 nitrogen and oxygen atoms in total. The van der Waals surface area contributed by atoms with Crippen molar-refractivity contribution in [2.75, 3.05) is 13.2 Å². The normalized spacial score (nSPS) is 25.8. The Morgan fingerprint density at radius 1 is 1.37 bits per heavy atom. The zero-order valence-electron chi connectivity index (χ0n) is 11.6.